The summed E-state index contributed by atoms with van der Waals surface area (Å²) in [5.74, 6) is -2.27. The molecule has 9 heteroatoms. The normalized spacial score (nSPS) is 10.6. The van der Waals surface area contributed by atoms with Crippen molar-refractivity contribution >= 4 is 46.2 Å². The maximum atomic E-state index is 12.4. The van der Waals surface area contributed by atoms with E-state index in [0.29, 0.717) is 10.4 Å². The summed E-state index contributed by atoms with van der Waals surface area (Å²) in [6, 6.07) is 9.16. The molecule has 0 radical (unpaired) electrons. The molecule has 2 rings (SSSR count). The number of carbonyl (C=O) groups is 4. The van der Waals surface area contributed by atoms with Crippen molar-refractivity contribution < 1.29 is 28.7 Å². The van der Waals surface area contributed by atoms with E-state index >= 15 is 0 Å². The van der Waals surface area contributed by atoms with E-state index in [9.17, 15) is 19.2 Å². The van der Waals surface area contributed by atoms with Gasteiger partial charge in [0.15, 0.2) is 6.61 Å². The predicted octanol–water partition coefficient (Wildman–Crippen LogP) is 3.13. The first-order chi connectivity index (χ1) is 14.7. The number of benzene rings is 1. The molecular formula is C22H24N2O6S. The maximum Gasteiger partial charge on any atom is 0.341 e. The topological polar surface area (TPSA) is 102 Å². The van der Waals surface area contributed by atoms with Gasteiger partial charge in [-0.15, -0.1) is 11.3 Å². The van der Waals surface area contributed by atoms with E-state index in [-0.39, 0.29) is 23.1 Å². The molecule has 1 N–H and O–H groups in total. The van der Waals surface area contributed by atoms with Gasteiger partial charge in [-0.3, -0.25) is 9.59 Å². The second-order valence-electron chi connectivity index (χ2n) is 6.58. The number of amides is 2. The molecule has 0 bridgehead atoms. The first-order valence-electron chi connectivity index (χ1n) is 9.46. The van der Waals surface area contributed by atoms with Gasteiger partial charge in [-0.05, 0) is 31.1 Å². The summed E-state index contributed by atoms with van der Waals surface area (Å²) in [6.07, 6.45) is 2.79. The third-order valence-corrected chi connectivity index (χ3v) is 5.23. The molecule has 2 aromatic rings. The third-order valence-electron chi connectivity index (χ3n) is 4.04. The van der Waals surface area contributed by atoms with E-state index in [1.54, 1.807) is 34.0 Å². The van der Waals surface area contributed by atoms with Crippen LogP contribution in [0.1, 0.15) is 38.1 Å². The zero-order chi connectivity index (χ0) is 23.0. The van der Waals surface area contributed by atoms with Crippen molar-refractivity contribution in [1.29, 1.82) is 0 Å². The summed E-state index contributed by atoms with van der Waals surface area (Å²) < 4.78 is 10.00. The average Bonchev–Trinajstić information content (AvgIpc) is 3.06. The molecule has 0 unspecified atom stereocenters. The molecule has 0 aliphatic carbocycles. The standard InChI is InChI=1S/C22H24N2O6S/c1-5-29-22(28)18-14(2)19(21(27)24(3)4)31-20(18)23-16(25)13-30-17(26)12-11-15-9-7-6-8-10-15/h6-12H,5,13H2,1-4H3,(H,23,25). The highest BCUT2D eigenvalue weighted by molar-refractivity contribution is 7.18. The second-order valence-corrected chi connectivity index (χ2v) is 7.60. The number of ether oxygens (including phenoxy) is 2. The molecule has 1 heterocycles. The predicted molar refractivity (Wildman–Crippen MR) is 118 cm³/mol. The summed E-state index contributed by atoms with van der Waals surface area (Å²) in [5, 5.41) is 2.71. The molecule has 2 amide bonds. The van der Waals surface area contributed by atoms with E-state index in [4.69, 9.17) is 9.47 Å². The largest absolute Gasteiger partial charge is 0.462 e. The molecule has 0 saturated carbocycles. The highest BCUT2D eigenvalue weighted by Crippen LogP contribution is 2.34. The third kappa shape index (κ3) is 6.51. The first-order valence-corrected chi connectivity index (χ1v) is 10.3. The van der Waals surface area contributed by atoms with Crippen molar-refractivity contribution in [3.05, 3.63) is 58.0 Å². The van der Waals surface area contributed by atoms with Gasteiger partial charge in [-0.1, -0.05) is 30.3 Å². The van der Waals surface area contributed by atoms with Gasteiger partial charge in [0.1, 0.15) is 5.00 Å². The Morgan fingerprint density at radius 3 is 2.39 bits per heavy atom. The summed E-state index contributed by atoms with van der Waals surface area (Å²) in [6.45, 7) is 2.87. The zero-order valence-corrected chi connectivity index (χ0v) is 18.6. The Labute approximate surface area is 184 Å². The number of nitrogens with zero attached hydrogens (tertiary/aromatic N) is 1. The molecular weight excluding hydrogens is 420 g/mol. The number of rotatable bonds is 8. The van der Waals surface area contributed by atoms with Crippen LogP contribution < -0.4 is 5.32 Å². The molecule has 31 heavy (non-hydrogen) atoms. The lowest BCUT2D eigenvalue weighted by Gasteiger charge is -2.09. The van der Waals surface area contributed by atoms with E-state index in [1.807, 2.05) is 30.3 Å². The minimum absolute atomic E-state index is 0.112. The SMILES string of the molecule is CCOC(=O)c1c(NC(=O)COC(=O)C=Cc2ccccc2)sc(C(=O)N(C)C)c1C. The molecule has 1 aromatic heterocycles. The van der Waals surface area contributed by atoms with Gasteiger partial charge in [0.25, 0.3) is 11.8 Å². The van der Waals surface area contributed by atoms with Crippen molar-refractivity contribution in [1.82, 2.24) is 4.90 Å². The highest BCUT2D eigenvalue weighted by atomic mass is 32.1. The lowest BCUT2D eigenvalue weighted by atomic mass is 10.1. The van der Waals surface area contributed by atoms with Crippen LogP contribution in [0.5, 0.6) is 0 Å². The molecule has 0 fully saturated rings. The van der Waals surface area contributed by atoms with Crippen LogP contribution in [0.4, 0.5) is 5.00 Å². The molecule has 1 aromatic carbocycles. The Kier molecular flexibility index (Phi) is 8.51. The minimum Gasteiger partial charge on any atom is -0.462 e. The number of hydrogen-bond acceptors (Lipinski definition) is 7. The minimum atomic E-state index is -0.685. The van der Waals surface area contributed by atoms with Crippen LogP contribution in [0.25, 0.3) is 6.08 Å². The van der Waals surface area contributed by atoms with Crippen molar-refractivity contribution in [2.45, 2.75) is 13.8 Å². The van der Waals surface area contributed by atoms with Gasteiger partial charge in [0.05, 0.1) is 17.0 Å². The van der Waals surface area contributed by atoms with Crippen molar-refractivity contribution in [3.8, 4) is 0 Å². The highest BCUT2D eigenvalue weighted by Gasteiger charge is 2.27. The van der Waals surface area contributed by atoms with Crippen LogP contribution in [-0.2, 0) is 19.1 Å². The van der Waals surface area contributed by atoms with E-state index in [0.717, 1.165) is 16.9 Å². The number of thiophene rings is 1. The van der Waals surface area contributed by atoms with Crippen molar-refractivity contribution in [2.75, 3.05) is 32.6 Å². The van der Waals surface area contributed by atoms with Gasteiger partial charge in [0, 0.05) is 20.2 Å². The molecule has 8 nitrogen and oxygen atoms in total. The van der Waals surface area contributed by atoms with Crippen molar-refractivity contribution in [3.63, 3.8) is 0 Å². The second kappa shape index (κ2) is 11.1. The maximum absolute atomic E-state index is 12.4. The van der Waals surface area contributed by atoms with E-state index in [1.165, 1.54) is 11.0 Å². The number of anilines is 1. The van der Waals surface area contributed by atoms with Gasteiger partial charge < -0.3 is 19.7 Å². The van der Waals surface area contributed by atoms with Crippen LogP contribution in [0.3, 0.4) is 0 Å². The summed E-state index contributed by atoms with van der Waals surface area (Å²) >= 11 is 0.968. The summed E-state index contributed by atoms with van der Waals surface area (Å²) in [7, 11) is 3.18. The van der Waals surface area contributed by atoms with Crippen LogP contribution in [0.2, 0.25) is 0 Å². The fourth-order valence-corrected chi connectivity index (χ4v) is 3.77. The van der Waals surface area contributed by atoms with Gasteiger partial charge >= 0.3 is 11.9 Å². The van der Waals surface area contributed by atoms with Crippen LogP contribution in [-0.4, -0.2) is 56.0 Å². The Hall–Kier alpha value is -3.46. The monoisotopic (exact) mass is 444 g/mol. The Morgan fingerprint density at radius 2 is 1.77 bits per heavy atom. The van der Waals surface area contributed by atoms with Crippen LogP contribution in [0.15, 0.2) is 36.4 Å². The molecule has 0 saturated heterocycles. The molecule has 0 aliphatic heterocycles. The zero-order valence-electron chi connectivity index (χ0n) is 17.8. The fourth-order valence-electron chi connectivity index (χ4n) is 2.53. The molecule has 0 spiro atoms. The number of hydrogen-bond donors (Lipinski definition) is 1. The quantitative estimate of drug-likeness (QED) is 0.496. The van der Waals surface area contributed by atoms with Crippen molar-refractivity contribution in [2.24, 2.45) is 0 Å². The Morgan fingerprint density at radius 1 is 1.10 bits per heavy atom. The fraction of sp³-hybridized carbons (Fsp3) is 0.273. The molecule has 0 aliphatic rings. The Balaban J connectivity index is 2.09. The molecule has 164 valence electrons. The first kappa shape index (κ1) is 23.8. The average molecular weight is 445 g/mol. The lowest BCUT2D eigenvalue weighted by Crippen LogP contribution is -2.21. The smallest absolute Gasteiger partial charge is 0.341 e. The van der Waals surface area contributed by atoms with E-state index in [2.05, 4.69) is 5.32 Å². The van der Waals surface area contributed by atoms with Crippen LogP contribution in [0, 0.1) is 6.92 Å². The van der Waals surface area contributed by atoms with Gasteiger partial charge in [-0.2, -0.15) is 0 Å². The number of carbonyl (C=O) groups excluding carboxylic acids is 4. The Bertz CT molecular complexity index is 995. The van der Waals surface area contributed by atoms with Gasteiger partial charge in [0.2, 0.25) is 0 Å². The van der Waals surface area contributed by atoms with Gasteiger partial charge in [-0.25, -0.2) is 9.59 Å². The lowest BCUT2D eigenvalue weighted by molar-refractivity contribution is -0.142. The number of nitrogens with one attached hydrogen (secondary N) is 1. The van der Waals surface area contributed by atoms with E-state index < -0.39 is 24.5 Å². The number of esters is 2. The summed E-state index contributed by atoms with van der Waals surface area (Å²) in [4.78, 5) is 50.6. The van der Waals surface area contributed by atoms with Crippen LogP contribution >= 0.6 is 11.3 Å². The summed E-state index contributed by atoms with van der Waals surface area (Å²) in [5.41, 5.74) is 1.34. The molecule has 0 atom stereocenters.